The van der Waals surface area contributed by atoms with Gasteiger partial charge >= 0.3 is 12.1 Å². The van der Waals surface area contributed by atoms with Gasteiger partial charge in [0.05, 0.1) is 0 Å². The summed E-state index contributed by atoms with van der Waals surface area (Å²) in [5.41, 5.74) is 1.74. The Balaban J connectivity index is 1.46. The highest BCUT2D eigenvalue weighted by Gasteiger charge is 2.32. The van der Waals surface area contributed by atoms with Crippen LogP contribution in [0, 0.1) is 0 Å². The molecule has 1 unspecified atom stereocenters. The molecule has 0 fully saturated rings. The minimum Gasteiger partial charge on any atom is -0.480 e. The van der Waals surface area contributed by atoms with Gasteiger partial charge in [0, 0.05) is 33.4 Å². The molecule has 1 aliphatic rings. The monoisotopic (exact) mass is 491 g/mol. The Morgan fingerprint density at radius 2 is 1.81 bits per heavy atom. The van der Waals surface area contributed by atoms with Crippen LogP contribution in [0.2, 0.25) is 0 Å². The second-order valence-corrected chi connectivity index (χ2v) is 8.98. The maximum absolute atomic E-state index is 13.3. The van der Waals surface area contributed by atoms with Crippen molar-refractivity contribution in [2.24, 2.45) is 0 Å². The van der Waals surface area contributed by atoms with Gasteiger partial charge in [-0.05, 0) is 36.1 Å². The van der Waals surface area contributed by atoms with Crippen molar-refractivity contribution in [3.05, 3.63) is 77.4 Å². The molecule has 2 heterocycles. The Bertz CT molecular complexity index is 1220. The fraction of sp³-hybridized carbons (Fsp3) is 0.346. The molecule has 0 spiro atoms. The maximum Gasteiger partial charge on any atom is 0.414 e. The molecular weight excluding hydrogens is 462 g/mol. The van der Waals surface area contributed by atoms with Crippen molar-refractivity contribution in [2.45, 2.75) is 44.2 Å². The maximum atomic E-state index is 13.3. The van der Waals surface area contributed by atoms with Crippen molar-refractivity contribution in [2.75, 3.05) is 14.1 Å². The Morgan fingerprint density at radius 3 is 2.47 bits per heavy atom. The van der Waals surface area contributed by atoms with Crippen LogP contribution in [-0.2, 0) is 28.9 Å². The van der Waals surface area contributed by atoms with Crippen LogP contribution < -0.4 is 10.1 Å². The minimum atomic E-state index is -1.13. The lowest BCUT2D eigenvalue weighted by atomic mass is 10.0. The van der Waals surface area contributed by atoms with Crippen molar-refractivity contribution >= 4 is 18.0 Å². The van der Waals surface area contributed by atoms with Gasteiger partial charge in [0.2, 0.25) is 5.91 Å². The molecule has 0 aliphatic carbocycles. The molecule has 1 aromatic heterocycles. The predicted molar refractivity (Wildman–Crippen MR) is 131 cm³/mol. The summed E-state index contributed by atoms with van der Waals surface area (Å²) in [4.78, 5) is 38.3. The molecule has 188 valence electrons. The highest BCUT2D eigenvalue weighted by atomic mass is 16.6. The quantitative estimate of drug-likeness (QED) is 0.496. The van der Waals surface area contributed by atoms with Gasteiger partial charge in [-0.1, -0.05) is 42.5 Å². The lowest BCUT2D eigenvalue weighted by Crippen LogP contribution is -2.46. The van der Waals surface area contributed by atoms with Crippen LogP contribution in [0.5, 0.6) is 5.75 Å². The first-order chi connectivity index (χ1) is 17.3. The summed E-state index contributed by atoms with van der Waals surface area (Å²) in [5.74, 6) is 0.277. The number of carbonyl (C=O) groups excluding carboxylic acids is 2. The van der Waals surface area contributed by atoms with E-state index in [0.29, 0.717) is 30.0 Å². The first-order valence-corrected chi connectivity index (χ1v) is 11.8. The SMILES string of the molecule is CN(C)C(=O)Oc1ccc(C[C@H](NC(=O)C2CCCc3nnc(Cc4ccccc4)n32)C(=O)O)cc1. The van der Waals surface area contributed by atoms with E-state index in [0.717, 1.165) is 24.2 Å². The number of fused-ring (bicyclic) bond motifs is 1. The Labute approximate surface area is 208 Å². The first kappa shape index (κ1) is 24.9. The third kappa shape index (κ3) is 5.88. The number of aromatic nitrogens is 3. The van der Waals surface area contributed by atoms with Crippen LogP contribution in [0.1, 0.15) is 41.7 Å². The molecule has 10 nitrogen and oxygen atoms in total. The molecule has 0 bridgehead atoms. The highest BCUT2D eigenvalue weighted by Crippen LogP contribution is 2.27. The number of benzene rings is 2. The van der Waals surface area contributed by atoms with E-state index in [1.165, 1.54) is 4.90 Å². The molecule has 0 saturated carbocycles. The fourth-order valence-corrected chi connectivity index (χ4v) is 4.21. The number of hydrogen-bond acceptors (Lipinski definition) is 6. The number of hydrogen-bond donors (Lipinski definition) is 2. The van der Waals surface area contributed by atoms with E-state index in [2.05, 4.69) is 15.5 Å². The number of amides is 2. The van der Waals surface area contributed by atoms with Crippen LogP contribution in [0.3, 0.4) is 0 Å². The molecular formula is C26H29N5O5. The van der Waals surface area contributed by atoms with Gasteiger partial charge in [0.1, 0.15) is 29.5 Å². The number of rotatable bonds is 8. The van der Waals surface area contributed by atoms with E-state index in [1.54, 1.807) is 38.4 Å². The van der Waals surface area contributed by atoms with Crippen LogP contribution in [0.4, 0.5) is 4.79 Å². The Kier molecular flexibility index (Phi) is 7.62. The average molecular weight is 492 g/mol. The fourth-order valence-electron chi connectivity index (χ4n) is 4.21. The van der Waals surface area contributed by atoms with Gasteiger partial charge in [-0.25, -0.2) is 9.59 Å². The largest absolute Gasteiger partial charge is 0.480 e. The number of aliphatic carboxylic acids is 1. The molecule has 2 N–H and O–H groups in total. The van der Waals surface area contributed by atoms with Gasteiger partial charge in [-0.2, -0.15) is 0 Å². The van der Waals surface area contributed by atoms with Crippen molar-refractivity contribution in [3.63, 3.8) is 0 Å². The van der Waals surface area contributed by atoms with E-state index in [1.807, 2.05) is 34.9 Å². The number of nitrogens with zero attached hydrogens (tertiary/aromatic N) is 4. The van der Waals surface area contributed by atoms with Crippen molar-refractivity contribution < 1.29 is 24.2 Å². The minimum absolute atomic E-state index is 0.0849. The standard InChI is InChI=1S/C26H29N5O5/c1-30(2)26(35)36-19-13-11-18(12-14-19)15-20(25(33)34)27-24(32)21-9-6-10-22-28-29-23(31(21)22)16-17-7-4-3-5-8-17/h3-5,7-8,11-14,20-21H,6,9-10,15-16H2,1-2H3,(H,27,32)(H,33,34)/t20-,21?/m0/s1. The zero-order valence-electron chi connectivity index (χ0n) is 20.3. The number of nitrogens with one attached hydrogen (secondary N) is 1. The summed E-state index contributed by atoms with van der Waals surface area (Å²) in [5, 5.41) is 21.1. The summed E-state index contributed by atoms with van der Waals surface area (Å²) < 4.78 is 7.05. The van der Waals surface area contributed by atoms with Crippen LogP contribution >= 0.6 is 0 Å². The number of carboxylic acids is 1. The molecule has 0 radical (unpaired) electrons. The third-order valence-corrected chi connectivity index (χ3v) is 6.08. The van der Waals surface area contributed by atoms with Crippen molar-refractivity contribution in [1.29, 1.82) is 0 Å². The van der Waals surface area contributed by atoms with Crippen LogP contribution in [0.25, 0.3) is 0 Å². The number of aryl methyl sites for hydroxylation is 1. The molecule has 2 amide bonds. The highest BCUT2D eigenvalue weighted by molar-refractivity contribution is 5.86. The molecule has 1 aliphatic heterocycles. The Morgan fingerprint density at radius 1 is 1.08 bits per heavy atom. The van der Waals surface area contributed by atoms with Crippen LogP contribution in [0.15, 0.2) is 54.6 Å². The average Bonchev–Trinajstić information content (AvgIpc) is 3.28. The third-order valence-electron chi connectivity index (χ3n) is 6.08. The van der Waals surface area contributed by atoms with Gasteiger partial charge in [-0.15, -0.1) is 10.2 Å². The van der Waals surface area contributed by atoms with E-state index < -0.39 is 24.1 Å². The van der Waals surface area contributed by atoms with E-state index in [-0.39, 0.29) is 12.3 Å². The van der Waals surface area contributed by atoms with Gasteiger partial charge in [-0.3, -0.25) is 4.79 Å². The molecule has 10 heteroatoms. The summed E-state index contributed by atoms with van der Waals surface area (Å²) in [6, 6.07) is 14.7. The predicted octanol–water partition coefficient (Wildman–Crippen LogP) is 2.62. The van der Waals surface area contributed by atoms with E-state index in [9.17, 15) is 19.5 Å². The smallest absolute Gasteiger partial charge is 0.414 e. The second kappa shape index (κ2) is 11.0. The van der Waals surface area contributed by atoms with Crippen molar-refractivity contribution in [3.8, 4) is 5.75 Å². The lowest BCUT2D eigenvalue weighted by Gasteiger charge is -2.27. The topological polar surface area (TPSA) is 127 Å². The van der Waals surface area contributed by atoms with Gasteiger partial charge in [0.25, 0.3) is 0 Å². The van der Waals surface area contributed by atoms with Gasteiger partial charge in [0.15, 0.2) is 0 Å². The molecule has 0 saturated heterocycles. The number of ether oxygens (including phenoxy) is 1. The number of carbonyl (C=O) groups is 3. The number of carboxylic acid groups (broad SMARTS) is 1. The zero-order valence-corrected chi connectivity index (χ0v) is 20.3. The molecule has 3 aromatic rings. The summed E-state index contributed by atoms with van der Waals surface area (Å²) in [7, 11) is 3.16. The van der Waals surface area contributed by atoms with Gasteiger partial charge < -0.3 is 24.6 Å². The summed E-state index contributed by atoms with van der Waals surface area (Å²) in [6.07, 6.45) is 2.18. The molecule has 2 atom stereocenters. The van der Waals surface area contributed by atoms with E-state index in [4.69, 9.17) is 4.74 Å². The molecule has 36 heavy (non-hydrogen) atoms. The molecule has 4 rings (SSSR count). The second-order valence-electron chi connectivity index (χ2n) is 8.98. The first-order valence-electron chi connectivity index (χ1n) is 11.8. The summed E-state index contributed by atoms with van der Waals surface area (Å²) >= 11 is 0. The normalized spacial score (nSPS) is 15.4. The zero-order chi connectivity index (χ0) is 25.7. The Hall–Kier alpha value is -4.21. The van der Waals surface area contributed by atoms with Crippen LogP contribution in [-0.4, -0.2) is 62.9 Å². The van der Waals surface area contributed by atoms with E-state index >= 15 is 0 Å². The summed E-state index contributed by atoms with van der Waals surface area (Å²) in [6.45, 7) is 0. The lowest BCUT2D eigenvalue weighted by molar-refractivity contribution is -0.142. The van der Waals surface area contributed by atoms with Crippen molar-refractivity contribution in [1.82, 2.24) is 25.0 Å². The molecule has 2 aromatic carbocycles.